The molecule has 45 heavy (non-hydrogen) atoms. The first-order valence-electron chi connectivity index (χ1n) is 14.2. The first kappa shape index (κ1) is 33.4. The van der Waals surface area contributed by atoms with Crippen LogP contribution in [0.25, 0.3) is 0 Å². The lowest BCUT2D eigenvalue weighted by Gasteiger charge is -2.48. The summed E-state index contributed by atoms with van der Waals surface area (Å²) >= 11 is 12.4. The third-order valence-corrected chi connectivity index (χ3v) is 10.8. The van der Waals surface area contributed by atoms with Crippen molar-refractivity contribution < 1.29 is 35.5 Å². The molecule has 240 valence electrons. The topological polar surface area (TPSA) is 75.7 Å². The molecule has 1 N–H and O–H groups in total. The maximum atomic E-state index is 14.7. The Balaban J connectivity index is 1.59. The van der Waals surface area contributed by atoms with Gasteiger partial charge in [0, 0.05) is 28.6 Å². The maximum Gasteiger partial charge on any atom is 0.391 e. The van der Waals surface area contributed by atoms with E-state index in [9.17, 15) is 30.8 Å². The van der Waals surface area contributed by atoms with Crippen molar-refractivity contribution in [2.45, 2.75) is 60.9 Å². The van der Waals surface area contributed by atoms with Crippen LogP contribution in [-0.2, 0) is 24.3 Å². The number of carbonyl (C=O) groups is 1. The molecule has 0 aromatic heterocycles. The summed E-state index contributed by atoms with van der Waals surface area (Å²) in [4.78, 5) is 15.1. The number of alkyl halides is 3. The molecule has 0 bridgehead atoms. The smallest absolute Gasteiger partial charge is 0.358 e. The van der Waals surface area contributed by atoms with E-state index in [0.717, 1.165) is 11.0 Å². The summed E-state index contributed by atoms with van der Waals surface area (Å²) in [6.07, 6.45) is -6.93. The van der Waals surface area contributed by atoms with Crippen LogP contribution < -0.4 is 4.72 Å². The molecular formula is C32H30Cl2F4N2O4S. The number of nitrogens with one attached hydrogen (secondary N) is 1. The second kappa shape index (κ2) is 13.0. The molecule has 1 amide bonds. The molecule has 0 radical (unpaired) electrons. The number of amides is 1. The molecule has 3 aromatic rings. The minimum Gasteiger partial charge on any atom is -0.358 e. The van der Waals surface area contributed by atoms with Gasteiger partial charge in [-0.1, -0.05) is 71.7 Å². The molecule has 0 spiro atoms. The normalized spacial score (nSPS) is 22.2. The van der Waals surface area contributed by atoms with E-state index in [4.69, 9.17) is 27.9 Å². The van der Waals surface area contributed by atoms with E-state index in [-0.39, 0.29) is 24.8 Å². The fourth-order valence-electron chi connectivity index (χ4n) is 5.92. The van der Waals surface area contributed by atoms with E-state index < -0.39 is 69.9 Å². The average Bonchev–Trinajstić information content (AvgIpc) is 3.79. The molecule has 0 unspecified atom stereocenters. The van der Waals surface area contributed by atoms with E-state index in [0.29, 0.717) is 21.2 Å². The summed E-state index contributed by atoms with van der Waals surface area (Å²) < 4.78 is 91.6. The molecule has 2 aliphatic rings. The van der Waals surface area contributed by atoms with Crippen molar-refractivity contribution in [3.63, 3.8) is 0 Å². The van der Waals surface area contributed by atoms with Crippen molar-refractivity contribution in [1.82, 2.24) is 9.62 Å². The van der Waals surface area contributed by atoms with Gasteiger partial charge in [-0.25, -0.2) is 17.5 Å². The lowest BCUT2D eigenvalue weighted by Crippen LogP contribution is -2.58. The van der Waals surface area contributed by atoms with Crippen LogP contribution in [0.1, 0.15) is 54.5 Å². The second-order valence-corrected chi connectivity index (χ2v) is 14.1. The van der Waals surface area contributed by atoms with Crippen molar-refractivity contribution in [2.75, 3.05) is 6.54 Å². The van der Waals surface area contributed by atoms with E-state index >= 15 is 0 Å². The Bertz CT molecular complexity index is 1670. The highest BCUT2D eigenvalue weighted by Gasteiger charge is 2.57. The van der Waals surface area contributed by atoms with Crippen LogP contribution in [0.2, 0.25) is 10.0 Å². The van der Waals surface area contributed by atoms with Gasteiger partial charge in [0.2, 0.25) is 10.0 Å². The van der Waals surface area contributed by atoms with Gasteiger partial charge in [-0.15, -0.1) is 6.58 Å². The molecule has 1 aliphatic carbocycles. The van der Waals surface area contributed by atoms with Gasteiger partial charge in [-0.05, 0) is 54.3 Å². The molecule has 5 rings (SSSR count). The summed E-state index contributed by atoms with van der Waals surface area (Å²) in [6.45, 7) is 2.89. The number of hydrogen-bond acceptors (Lipinski definition) is 4. The summed E-state index contributed by atoms with van der Waals surface area (Å²) in [7, 11) is -4.39. The quantitative estimate of drug-likeness (QED) is 0.166. The van der Waals surface area contributed by atoms with Crippen molar-refractivity contribution in [3.05, 3.63) is 118 Å². The van der Waals surface area contributed by atoms with E-state index in [1.54, 1.807) is 36.4 Å². The highest BCUT2D eigenvalue weighted by molar-refractivity contribution is 7.90. The van der Waals surface area contributed by atoms with E-state index in [1.807, 2.05) is 0 Å². The molecule has 6 nitrogen and oxygen atoms in total. The SMILES string of the molecule is C=CC[C@@H]1O[C@H](c2cccc(Cl)c2)[C@@H](c2ccc(Cl)cc2)N([C@H](CNS(=O)(=O)C2(c3ccccc3F)CC2)CC(F)(F)F)C1=O. The third kappa shape index (κ3) is 7.07. The monoisotopic (exact) mass is 684 g/mol. The van der Waals surface area contributed by atoms with Gasteiger partial charge in [0.15, 0.2) is 0 Å². The number of ether oxygens (including phenoxy) is 1. The van der Waals surface area contributed by atoms with Crippen molar-refractivity contribution in [1.29, 1.82) is 0 Å². The van der Waals surface area contributed by atoms with Gasteiger partial charge in [0.05, 0.1) is 18.5 Å². The fourth-order valence-corrected chi connectivity index (χ4v) is 8.03. The molecule has 13 heteroatoms. The van der Waals surface area contributed by atoms with Crippen molar-refractivity contribution in [2.24, 2.45) is 0 Å². The number of morpholine rings is 1. The predicted molar refractivity (Wildman–Crippen MR) is 164 cm³/mol. The van der Waals surface area contributed by atoms with Gasteiger partial charge in [0.1, 0.15) is 22.8 Å². The Morgan fingerprint density at radius 3 is 2.31 bits per heavy atom. The Kier molecular flexibility index (Phi) is 9.68. The van der Waals surface area contributed by atoms with Gasteiger partial charge < -0.3 is 9.64 Å². The van der Waals surface area contributed by atoms with Crippen LogP contribution >= 0.6 is 23.2 Å². The molecule has 1 heterocycles. The van der Waals surface area contributed by atoms with Gasteiger partial charge in [-0.2, -0.15) is 13.2 Å². The van der Waals surface area contributed by atoms with Crippen LogP contribution in [0.4, 0.5) is 17.6 Å². The summed E-state index contributed by atoms with van der Waals surface area (Å²) in [6, 6.07) is 15.4. The lowest BCUT2D eigenvalue weighted by molar-refractivity contribution is -0.189. The first-order chi connectivity index (χ1) is 21.3. The average molecular weight is 686 g/mol. The zero-order chi connectivity index (χ0) is 32.6. The third-order valence-electron chi connectivity index (χ3n) is 8.15. The maximum absolute atomic E-state index is 14.7. The summed E-state index contributed by atoms with van der Waals surface area (Å²) in [5.74, 6) is -1.49. The highest BCUT2D eigenvalue weighted by Crippen LogP contribution is 2.53. The van der Waals surface area contributed by atoms with E-state index in [1.165, 1.54) is 36.4 Å². The zero-order valence-electron chi connectivity index (χ0n) is 23.8. The number of carbonyl (C=O) groups excluding carboxylic acids is 1. The van der Waals surface area contributed by atoms with Crippen molar-refractivity contribution in [3.8, 4) is 0 Å². The number of rotatable bonds is 11. The number of sulfonamides is 1. The number of nitrogens with zero attached hydrogens (tertiary/aromatic N) is 1. The van der Waals surface area contributed by atoms with Gasteiger partial charge >= 0.3 is 6.18 Å². The zero-order valence-corrected chi connectivity index (χ0v) is 26.1. The minimum absolute atomic E-state index is 0.0133. The minimum atomic E-state index is -4.79. The molecule has 1 saturated carbocycles. The fraction of sp³-hybridized carbons (Fsp3) is 0.344. The highest BCUT2D eigenvalue weighted by atomic mass is 35.5. The van der Waals surface area contributed by atoms with Crippen LogP contribution in [0.3, 0.4) is 0 Å². The van der Waals surface area contributed by atoms with Crippen LogP contribution in [0, 0.1) is 5.82 Å². The molecule has 4 atom stereocenters. The Hall–Kier alpha value is -2.96. The first-order valence-corrected chi connectivity index (χ1v) is 16.4. The molecule has 1 saturated heterocycles. The van der Waals surface area contributed by atoms with Crippen LogP contribution in [0.15, 0.2) is 85.5 Å². The van der Waals surface area contributed by atoms with Crippen LogP contribution in [0.5, 0.6) is 0 Å². The number of halogens is 6. The van der Waals surface area contributed by atoms with E-state index in [2.05, 4.69) is 11.3 Å². The van der Waals surface area contributed by atoms with Gasteiger partial charge in [-0.3, -0.25) is 4.79 Å². The second-order valence-electron chi connectivity index (χ2n) is 11.2. The predicted octanol–water partition coefficient (Wildman–Crippen LogP) is 7.65. The molecular weight excluding hydrogens is 655 g/mol. The summed E-state index contributed by atoms with van der Waals surface area (Å²) in [5.41, 5.74) is 0.852. The Morgan fingerprint density at radius 1 is 1.02 bits per heavy atom. The standard InChI is InChI=1S/C32H30Cl2F4N2O4S/c1-2-6-27-30(41)40(28(20-11-13-22(33)14-12-20)29(44-27)21-7-5-8-23(34)17-21)24(18-32(36,37)38)19-39-45(42,43)31(15-16-31)25-9-3-4-10-26(25)35/h2-5,7-14,17,24,27-29,39H,1,6,15-16,18-19H2/t24-,27-,28+,29+/m0/s1. The largest absolute Gasteiger partial charge is 0.391 e. The van der Waals surface area contributed by atoms with Crippen molar-refractivity contribution >= 4 is 39.1 Å². The number of hydrogen-bond donors (Lipinski definition) is 1. The Morgan fingerprint density at radius 2 is 1.71 bits per heavy atom. The molecule has 2 fully saturated rings. The molecule has 3 aromatic carbocycles. The van der Waals surface area contributed by atoms with Crippen LogP contribution in [-0.4, -0.2) is 44.1 Å². The lowest BCUT2D eigenvalue weighted by atomic mass is 9.89. The summed E-state index contributed by atoms with van der Waals surface area (Å²) in [5, 5.41) is 0.705. The molecule has 1 aliphatic heterocycles. The Labute approximate surface area is 269 Å². The number of benzene rings is 3. The van der Waals surface area contributed by atoms with Gasteiger partial charge in [0.25, 0.3) is 5.91 Å².